The fraction of sp³-hybridized carbons (Fsp3) is 0.385. The van der Waals surface area contributed by atoms with E-state index in [1.807, 2.05) is 0 Å². The van der Waals surface area contributed by atoms with E-state index < -0.39 is 17.7 Å². The van der Waals surface area contributed by atoms with Gasteiger partial charge in [0.15, 0.2) is 11.6 Å². The fourth-order valence-electron chi connectivity index (χ4n) is 1.37. The average Bonchev–Trinajstić information content (AvgIpc) is 2.39. The van der Waals surface area contributed by atoms with Gasteiger partial charge in [0.1, 0.15) is 6.61 Å². The number of rotatable bonds is 8. The molecule has 20 heavy (non-hydrogen) atoms. The largest absolute Gasteiger partial charge is 0.488 e. The molecule has 0 aliphatic carbocycles. The molecule has 0 saturated carbocycles. The summed E-state index contributed by atoms with van der Waals surface area (Å²) in [6.07, 6.45) is -0.435. The van der Waals surface area contributed by atoms with Crippen LogP contribution in [0.4, 0.5) is 10.1 Å². The Morgan fingerprint density at radius 2 is 2.05 bits per heavy atom. The van der Waals surface area contributed by atoms with E-state index in [9.17, 15) is 14.0 Å². The van der Waals surface area contributed by atoms with Crippen molar-refractivity contribution in [2.45, 2.75) is 12.8 Å². The number of carbonyl (C=O) groups excluding carboxylic acids is 1. The van der Waals surface area contributed by atoms with Crippen molar-refractivity contribution < 1.29 is 28.6 Å². The van der Waals surface area contributed by atoms with Crippen LogP contribution >= 0.6 is 0 Å². The van der Waals surface area contributed by atoms with Crippen LogP contribution in [-0.2, 0) is 14.3 Å². The summed E-state index contributed by atoms with van der Waals surface area (Å²) < 4.78 is 23.5. The third-order valence-electron chi connectivity index (χ3n) is 2.33. The number of nitrogens with one attached hydrogen (secondary N) is 1. The van der Waals surface area contributed by atoms with E-state index in [2.05, 4.69) is 5.32 Å². The van der Waals surface area contributed by atoms with E-state index in [-0.39, 0.29) is 30.9 Å². The Balaban J connectivity index is 2.54. The number of ether oxygens (including phenoxy) is 2. The van der Waals surface area contributed by atoms with Gasteiger partial charge < -0.3 is 19.9 Å². The molecule has 1 rings (SSSR count). The molecular formula is C13H16FNO5. The van der Waals surface area contributed by atoms with Gasteiger partial charge in [0.05, 0.1) is 13.0 Å². The standard InChI is InChI=1S/C13H16FNO5/c1-19-6-7-20-11-3-2-9(8-10(11)14)15-12(16)4-5-13(17)18/h2-3,8H,4-7H2,1H3,(H,15,16)(H,17,18). The van der Waals surface area contributed by atoms with E-state index in [4.69, 9.17) is 14.6 Å². The first-order valence-corrected chi connectivity index (χ1v) is 5.96. The van der Waals surface area contributed by atoms with Crippen LogP contribution in [0.5, 0.6) is 5.75 Å². The number of carboxylic acid groups (broad SMARTS) is 1. The first-order chi connectivity index (χ1) is 9.52. The number of carboxylic acids is 1. The SMILES string of the molecule is COCCOc1ccc(NC(=O)CCC(=O)O)cc1F. The molecule has 0 fully saturated rings. The van der Waals surface area contributed by atoms with Crippen molar-refractivity contribution in [2.24, 2.45) is 0 Å². The molecule has 1 aromatic carbocycles. The van der Waals surface area contributed by atoms with Crippen LogP contribution in [0.25, 0.3) is 0 Å². The Morgan fingerprint density at radius 1 is 1.30 bits per heavy atom. The molecule has 6 nitrogen and oxygen atoms in total. The van der Waals surface area contributed by atoms with Gasteiger partial charge in [-0.05, 0) is 12.1 Å². The van der Waals surface area contributed by atoms with Crippen LogP contribution in [0.15, 0.2) is 18.2 Å². The quantitative estimate of drug-likeness (QED) is 0.709. The molecule has 0 aliphatic rings. The van der Waals surface area contributed by atoms with Gasteiger partial charge in [0, 0.05) is 25.3 Å². The molecule has 0 spiro atoms. The first-order valence-electron chi connectivity index (χ1n) is 5.96. The number of hydrogen-bond donors (Lipinski definition) is 2. The molecule has 7 heteroatoms. The number of anilines is 1. The summed E-state index contributed by atoms with van der Waals surface area (Å²) >= 11 is 0. The lowest BCUT2D eigenvalue weighted by Crippen LogP contribution is -2.13. The maximum Gasteiger partial charge on any atom is 0.303 e. The van der Waals surface area contributed by atoms with Crippen molar-refractivity contribution in [3.05, 3.63) is 24.0 Å². The van der Waals surface area contributed by atoms with E-state index in [0.29, 0.717) is 6.61 Å². The predicted octanol–water partition coefficient (Wildman–Crippen LogP) is 1.65. The van der Waals surface area contributed by atoms with Gasteiger partial charge in [-0.2, -0.15) is 0 Å². The van der Waals surface area contributed by atoms with Gasteiger partial charge in [-0.25, -0.2) is 4.39 Å². The number of benzene rings is 1. The minimum absolute atomic E-state index is 0.0607. The lowest BCUT2D eigenvalue weighted by molar-refractivity contribution is -0.138. The Bertz CT molecular complexity index is 478. The van der Waals surface area contributed by atoms with Gasteiger partial charge in [-0.3, -0.25) is 9.59 Å². The number of amides is 1. The van der Waals surface area contributed by atoms with Crippen molar-refractivity contribution in [3.8, 4) is 5.75 Å². The lowest BCUT2D eigenvalue weighted by atomic mass is 10.2. The molecule has 0 atom stereocenters. The summed E-state index contributed by atoms with van der Waals surface area (Å²) in [6, 6.07) is 3.97. The second-order valence-electron chi connectivity index (χ2n) is 3.93. The number of hydrogen-bond acceptors (Lipinski definition) is 4. The Kier molecular flexibility index (Phi) is 6.45. The lowest BCUT2D eigenvalue weighted by Gasteiger charge is -2.09. The smallest absolute Gasteiger partial charge is 0.303 e. The van der Waals surface area contributed by atoms with Crippen molar-refractivity contribution in [1.82, 2.24) is 0 Å². The predicted molar refractivity (Wildman–Crippen MR) is 69.3 cm³/mol. The monoisotopic (exact) mass is 285 g/mol. The highest BCUT2D eigenvalue weighted by Gasteiger charge is 2.09. The maximum absolute atomic E-state index is 13.6. The number of methoxy groups -OCH3 is 1. The third-order valence-corrected chi connectivity index (χ3v) is 2.33. The zero-order valence-electron chi connectivity index (χ0n) is 11.0. The highest BCUT2D eigenvalue weighted by atomic mass is 19.1. The van der Waals surface area contributed by atoms with Crippen LogP contribution < -0.4 is 10.1 Å². The summed E-state index contributed by atoms with van der Waals surface area (Å²) in [5.74, 6) is -2.10. The first kappa shape index (κ1) is 15.9. The Hall–Kier alpha value is -2.15. The van der Waals surface area contributed by atoms with Crippen LogP contribution in [0.1, 0.15) is 12.8 Å². The molecule has 0 saturated heterocycles. The Morgan fingerprint density at radius 3 is 2.65 bits per heavy atom. The molecule has 0 radical (unpaired) electrons. The van der Waals surface area contributed by atoms with E-state index in [1.54, 1.807) is 0 Å². The molecule has 0 heterocycles. The summed E-state index contributed by atoms with van der Waals surface area (Å²) in [4.78, 5) is 21.7. The summed E-state index contributed by atoms with van der Waals surface area (Å²) in [5.41, 5.74) is 0.247. The van der Waals surface area contributed by atoms with Crippen LogP contribution in [0.3, 0.4) is 0 Å². The summed E-state index contributed by atoms with van der Waals surface area (Å²) in [7, 11) is 1.51. The summed E-state index contributed by atoms with van der Waals surface area (Å²) in [6.45, 7) is 0.560. The molecule has 1 aromatic rings. The zero-order chi connectivity index (χ0) is 15.0. The molecule has 110 valence electrons. The van der Waals surface area contributed by atoms with E-state index in [1.165, 1.54) is 19.2 Å². The number of aliphatic carboxylic acids is 1. The van der Waals surface area contributed by atoms with Crippen molar-refractivity contribution in [2.75, 3.05) is 25.6 Å². The van der Waals surface area contributed by atoms with Crippen LogP contribution in [-0.4, -0.2) is 37.3 Å². The molecule has 0 aromatic heterocycles. The Labute approximate surface area is 115 Å². The second kappa shape index (κ2) is 8.11. The minimum atomic E-state index is -1.06. The molecule has 0 unspecified atom stereocenters. The molecule has 0 bridgehead atoms. The highest BCUT2D eigenvalue weighted by molar-refractivity contribution is 5.92. The molecule has 1 amide bonds. The average molecular weight is 285 g/mol. The minimum Gasteiger partial charge on any atom is -0.488 e. The normalized spacial score (nSPS) is 10.1. The maximum atomic E-state index is 13.6. The third kappa shape index (κ3) is 5.66. The van der Waals surface area contributed by atoms with E-state index in [0.717, 1.165) is 6.07 Å². The van der Waals surface area contributed by atoms with Crippen molar-refractivity contribution >= 4 is 17.6 Å². The van der Waals surface area contributed by atoms with Crippen molar-refractivity contribution in [1.29, 1.82) is 0 Å². The highest BCUT2D eigenvalue weighted by Crippen LogP contribution is 2.21. The van der Waals surface area contributed by atoms with Gasteiger partial charge in [-0.1, -0.05) is 0 Å². The van der Waals surface area contributed by atoms with E-state index >= 15 is 0 Å². The van der Waals surface area contributed by atoms with Gasteiger partial charge in [-0.15, -0.1) is 0 Å². The fourth-order valence-corrected chi connectivity index (χ4v) is 1.37. The van der Waals surface area contributed by atoms with Crippen LogP contribution in [0, 0.1) is 5.82 Å². The van der Waals surface area contributed by atoms with Crippen molar-refractivity contribution in [3.63, 3.8) is 0 Å². The molecule has 0 aliphatic heterocycles. The molecular weight excluding hydrogens is 269 g/mol. The summed E-state index contributed by atoms with van der Waals surface area (Å²) in [5, 5.41) is 10.9. The number of halogens is 1. The topological polar surface area (TPSA) is 84.9 Å². The van der Waals surface area contributed by atoms with Gasteiger partial charge >= 0.3 is 5.97 Å². The molecule has 2 N–H and O–H groups in total. The van der Waals surface area contributed by atoms with Crippen LogP contribution in [0.2, 0.25) is 0 Å². The van der Waals surface area contributed by atoms with Gasteiger partial charge in [0.2, 0.25) is 5.91 Å². The van der Waals surface area contributed by atoms with Gasteiger partial charge in [0.25, 0.3) is 0 Å². The second-order valence-corrected chi connectivity index (χ2v) is 3.93. The number of carbonyl (C=O) groups is 2. The zero-order valence-corrected chi connectivity index (χ0v) is 11.0.